The van der Waals surface area contributed by atoms with E-state index in [1.165, 1.54) is 7.11 Å². The van der Waals surface area contributed by atoms with E-state index in [4.69, 9.17) is 9.47 Å². The molecule has 2 rings (SSSR count). The highest BCUT2D eigenvalue weighted by Crippen LogP contribution is 2.21. The Bertz CT molecular complexity index is 693. The third-order valence-electron chi connectivity index (χ3n) is 4.36. The van der Waals surface area contributed by atoms with Crippen LogP contribution in [0.15, 0.2) is 47.6 Å². The van der Waals surface area contributed by atoms with Gasteiger partial charge in [0.1, 0.15) is 6.10 Å². The molecule has 0 saturated carbocycles. The van der Waals surface area contributed by atoms with Crippen molar-refractivity contribution in [3.63, 3.8) is 0 Å². The number of nitrogens with zero attached hydrogens (tertiary/aromatic N) is 1. The van der Waals surface area contributed by atoms with Crippen molar-refractivity contribution in [1.82, 2.24) is 5.43 Å². The van der Waals surface area contributed by atoms with Crippen LogP contribution in [0.2, 0.25) is 0 Å². The second-order valence-corrected chi connectivity index (χ2v) is 6.65. The maximum Gasteiger partial charge on any atom is 0.339 e. The second-order valence-electron chi connectivity index (χ2n) is 6.65. The fourth-order valence-electron chi connectivity index (χ4n) is 2.79. The van der Waals surface area contributed by atoms with Gasteiger partial charge in [-0.25, -0.2) is 10.2 Å². The average molecular weight is 403 g/mol. The van der Waals surface area contributed by atoms with Crippen LogP contribution >= 0.6 is 0 Å². The van der Waals surface area contributed by atoms with Gasteiger partial charge >= 0.3 is 12.0 Å². The number of benzene rings is 1. The third-order valence-corrected chi connectivity index (χ3v) is 4.36. The molecule has 0 bridgehead atoms. The summed E-state index contributed by atoms with van der Waals surface area (Å²) in [7, 11) is 1.39. The minimum Gasteiger partial charge on any atom is -0.469 e. The van der Waals surface area contributed by atoms with Crippen molar-refractivity contribution in [1.29, 1.82) is 0 Å². The summed E-state index contributed by atoms with van der Waals surface area (Å²) in [5.41, 5.74) is 3.14. The van der Waals surface area contributed by atoms with Crippen LogP contribution in [-0.4, -0.2) is 44.3 Å². The summed E-state index contributed by atoms with van der Waals surface area (Å²) in [5.74, 6) is -0.104. The first-order valence-electron chi connectivity index (χ1n) is 9.72. The number of allylic oxidation sites excluding steroid dienone is 2. The first-order valence-corrected chi connectivity index (χ1v) is 9.72. The van der Waals surface area contributed by atoms with E-state index in [2.05, 4.69) is 26.7 Å². The number of hydrazone groups is 1. The van der Waals surface area contributed by atoms with E-state index in [-0.39, 0.29) is 24.3 Å². The van der Waals surface area contributed by atoms with Gasteiger partial charge in [0.15, 0.2) is 6.29 Å². The molecular formula is C21H29N3O5. The van der Waals surface area contributed by atoms with Crippen LogP contribution in [0.3, 0.4) is 0 Å². The molecule has 0 spiro atoms. The maximum absolute atomic E-state index is 11.9. The van der Waals surface area contributed by atoms with Crippen molar-refractivity contribution in [2.24, 2.45) is 11.0 Å². The fraction of sp³-hybridized carbons (Fsp3) is 0.476. The molecule has 1 aromatic rings. The number of amides is 2. The Morgan fingerprint density at radius 2 is 2.07 bits per heavy atom. The lowest BCUT2D eigenvalue weighted by molar-refractivity contribution is -0.206. The van der Waals surface area contributed by atoms with E-state index in [9.17, 15) is 9.59 Å². The first kappa shape index (κ1) is 22.6. The van der Waals surface area contributed by atoms with Crippen molar-refractivity contribution >= 4 is 23.9 Å². The Morgan fingerprint density at radius 3 is 2.83 bits per heavy atom. The van der Waals surface area contributed by atoms with Gasteiger partial charge in [0.2, 0.25) is 0 Å². The molecule has 8 nitrogen and oxygen atoms in total. The molecule has 29 heavy (non-hydrogen) atoms. The van der Waals surface area contributed by atoms with E-state index in [1.807, 2.05) is 31.2 Å². The number of anilines is 1. The highest BCUT2D eigenvalue weighted by atomic mass is 16.7. The number of carbonyl (C=O) groups is 2. The maximum atomic E-state index is 11.9. The Balaban J connectivity index is 1.77. The molecule has 1 aliphatic rings. The number of methoxy groups -OCH3 is 1. The minimum atomic E-state index is -0.422. The van der Waals surface area contributed by atoms with E-state index in [0.29, 0.717) is 18.7 Å². The SMILES string of the molecule is COC(=O)CCC/C=C\C[C@H]1CO[C@@H](C)O[C@H]1/C=N/NC(=O)Nc1ccccc1. The van der Waals surface area contributed by atoms with Crippen molar-refractivity contribution in [2.45, 2.75) is 45.0 Å². The zero-order chi connectivity index (χ0) is 20.9. The fourth-order valence-corrected chi connectivity index (χ4v) is 2.79. The highest BCUT2D eigenvalue weighted by Gasteiger charge is 2.28. The van der Waals surface area contributed by atoms with Gasteiger partial charge < -0.3 is 19.5 Å². The van der Waals surface area contributed by atoms with E-state index < -0.39 is 6.03 Å². The van der Waals surface area contributed by atoms with Crippen molar-refractivity contribution in [2.75, 3.05) is 19.0 Å². The monoisotopic (exact) mass is 403 g/mol. The number of carbonyl (C=O) groups excluding carboxylic acids is 2. The van der Waals surface area contributed by atoms with Crippen LogP contribution in [0.1, 0.15) is 32.6 Å². The predicted molar refractivity (Wildman–Crippen MR) is 110 cm³/mol. The third kappa shape index (κ3) is 8.89. The molecule has 1 aliphatic heterocycles. The summed E-state index contributed by atoms with van der Waals surface area (Å²) in [6.45, 7) is 2.37. The van der Waals surface area contributed by atoms with Gasteiger partial charge in [0.05, 0.1) is 19.9 Å². The lowest BCUT2D eigenvalue weighted by atomic mass is 9.98. The Hall–Kier alpha value is -2.71. The number of hydrogen-bond acceptors (Lipinski definition) is 6. The molecule has 1 heterocycles. The van der Waals surface area contributed by atoms with E-state index >= 15 is 0 Å². The summed E-state index contributed by atoms with van der Waals surface area (Å²) in [6, 6.07) is 8.71. The molecule has 8 heteroatoms. The number of rotatable bonds is 9. The summed E-state index contributed by atoms with van der Waals surface area (Å²) in [6.07, 6.45) is 7.82. The zero-order valence-electron chi connectivity index (χ0n) is 16.9. The van der Waals surface area contributed by atoms with Gasteiger partial charge in [-0.1, -0.05) is 30.4 Å². The smallest absolute Gasteiger partial charge is 0.339 e. The Kier molecular flexibility index (Phi) is 9.88. The van der Waals surface area contributed by atoms with Crippen LogP contribution in [0.5, 0.6) is 0 Å². The van der Waals surface area contributed by atoms with Crippen molar-refractivity contribution < 1.29 is 23.8 Å². The van der Waals surface area contributed by atoms with Gasteiger partial charge in [-0.15, -0.1) is 0 Å². The van der Waals surface area contributed by atoms with Gasteiger partial charge in [0.25, 0.3) is 0 Å². The van der Waals surface area contributed by atoms with Crippen LogP contribution in [-0.2, 0) is 19.0 Å². The lowest BCUT2D eigenvalue weighted by Crippen LogP contribution is -2.40. The number of para-hydroxylation sites is 1. The predicted octanol–water partition coefficient (Wildman–Crippen LogP) is 3.46. The normalized spacial score (nSPS) is 21.9. The number of hydrogen-bond donors (Lipinski definition) is 2. The molecule has 1 fully saturated rings. The summed E-state index contributed by atoms with van der Waals surface area (Å²) in [4.78, 5) is 23.0. The number of esters is 1. The zero-order valence-corrected chi connectivity index (χ0v) is 16.9. The Labute approximate surface area is 171 Å². The lowest BCUT2D eigenvalue weighted by Gasteiger charge is -2.32. The minimum absolute atomic E-state index is 0.0887. The molecule has 1 saturated heterocycles. The van der Waals surface area contributed by atoms with Gasteiger partial charge in [-0.3, -0.25) is 4.79 Å². The first-order chi connectivity index (χ1) is 14.1. The number of ether oxygens (including phenoxy) is 3. The molecular weight excluding hydrogens is 374 g/mol. The van der Waals surface area contributed by atoms with Crippen LogP contribution in [0.4, 0.5) is 10.5 Å². The van der Waals surface area contributed by atoms with Crippen LogP contribution in [0.25, 0.3) is 0 Å². The summed E-state index contributed by atoms with van der Waals surface area (Å²) < 4.78 is 16.0. The number of nitrogens with one attached hydrogen (secondary N) is 2. The molecule has 0 aliphatic carbocycles. The second kappa shape index (κ2) is 12.7. The van der Waals surface area contributed by atoms with Gasteiger partial charge in [-0.05, 0) is 38.3 Å². The molecule has 158 valence electrons. The molecule has 2 N–H and O–H groups in total. The van der Waals surface area contributed by atoms with Crippen LogP contribution < -0.4 is 10.7 Å². The summed E-state index contributed by atoms with van der Waals surface area (Å²) in [5, 5.41) is 6.71. The molecule has 1 aromatic carbocycles. The summed E-state index contributed by atoms with van der Waals surface area (Å²) >= 11 is 0. The topological polar surface area (TPSA) is 98.2 Å². The molecule has 0 aromatic heterocycles. The van der Waals surface area contributed by atoms with Crippen molar-refractivity contribution in [3.05, 3.63) is 42.5 Å². The average Bonchev–Trinajstić information content (AvgIpc) is 2.72. The van der Waals surface area contributed by atoms with E-state index in [1.54, 1.807) is 18.3 Å². The quantitative estimate of drug-likeness (QED) is 0.216. The van der Waals surface area contributed by atoms with Gasteiger partial charge in [0, 0.05) is 18.0 Å². The van der Waals surface area contributed by atoms with Crippen LogP contribution in [0, 0.1) is 5.92 Å². The van der Waals surface area contributed by atoms with Crippen molar-refractivity contribution in [3.8, 4) is 0 Å². The van der Waals surface area contributed by atoms with E-state index in [0.717, 1.165) is 19.3 Å². The molecule has 0 radical (unpaired) electrons. The number of unbranched alkanes of at least 4 members (excludes halogenated alkanes) is 1. The molecule has 0 unspecified atom stereocenters. The largest absolute Gasteiger partial charge is 0.469 e. The highest BCUT2D eigenvalue weighted by molar-refractivity contribution is 5.89. The molecule has 2 amide bonds. The number of urea groups is 1. The molecule has 3 atom stereocenters. The Morgan fingerprint density at radius 1 is 1.28 bits per heavy atom. The standard InChI is InChI=1S/C21H29N3O5/c1-16-28-15-17(10-6-3-4-9-13-20(25)27-2)19(29-16)14-22-24-21(26)23-18-11-7-5-8-12-18/h3,5-8,11-12,14,16-17,19H,4,9-10,13,15H2,1-2H3,(H2,23,24,26)/b6-3-,22-14+/t16-,17+,19+/m1/s1. The van der Waals surface area contributed by atoms with Gasteiger partial charge in [-0.2, -0.15) is 5.10 Å².